The van der Waals surface area contributed by atoms with Crippen molar-refractivity contribution >= 4 is 11.0 Å². The van der Waals surface area contributed by atoms with Crippen LogP contribution in [-0.2, 0) is 6.54 Å². The Bertz CT molecular complexity index is 679. The van der Waals surface area contributed by atoms with Crippen LogP contribution >= 0.6 is 0 Å². The van der Waals surface area contributed by atoms with Crippen molar-refractivity contribution < 1.29 is 4.42 Å². The van der Waals surface area contributed by atoms with Crippen LogP contribution in [0, 0.1) is 6.92 Å². The highest BCUT2D eigenvalue weighted by Gasteiger charge is 2.14. The number of aromatic nitrogens is 2. The van der Waals surface area contributed by atoms with Gasteiger partial charge in [0.15, 0.2) is 11.6 Å². The molecule has 2 heterocycles. The van der Waals surface area contributed by atoms with Gasteiger partial charge in [0.1, 0.15) is 5.76 Å². The Kier molecular flexibility index (Phi) is 2.67. The monoisotopic (exact) mass is 240 g/mol. The normalized spacial score (nSPS) is 11.2. The van der Waals surface area contributed by atoms with Crippen molar-refractivity contribution in [3.05, 3.63) is 42.2 Å². The van der Waals surface area contributed by atoms with Gasteiger partial charge in [0.25, 0.3) is 0 Å². The van der Waals surface area contributed by atoms with E-state index in [1.165, 1.54) is 5.52 Å². The molecule has 0 saturated heterocycles. The van der Waals surface area contributed by atoms with Gasteiger partial charge in [-0.2, -0.15) is 0 Å². The first-order chi connectivity index (χ1) is 8.79. The van der Waals surface area contributed by atoms with E-state index in [0.29, 0.717) is 0 Å². The second kappa shape index (κ2) is 4.33. The summed E-state index contributed by atoms with van der Waals surface area (Å²) in [7, 11) is 0. The van der Waals surface area contributed by atoms with Gasteiger partial charge in [0.05, 0.1) is 11.0 Å². The summed E-state index contributed by atoms with van der Waals surface area (Å²) in [5, 5.41) is 0. The molecule has 18 heavy (non-hydrogen) atoms. The number of aryl methyl sites for hydroxylation is 2. The number of hydrogen-bond acceptors (Lipinski definition) is 2. The highest BCUT2D eigenvalue weighted by atomic mass is 16.3. The number of nitrogens with zero attached hydrogens (tertiary/aromatic N) is 2. The van der Waals surface area contributed by atoms with Crippen LogP contribution in [0.15, 0.2) is 40.8 Å². The van der Waals surface area contributed by atoms with Crippen LogP contribution in [0.3, 0.4) is 0 Å². The molecule has 0 bridgehead atoms. The number of para-hydroxylation sites is 2. The van der Waals surface area contributed by atoms with E-state index in [2.05, 4.69) is 22.5 Å². The van der Waals surface area contributed by atoms with Crippen molar-refractivity contribution in [2.45, 2.75) is 26.8 Å². The standard InChI is InChI=1S/C15H16N2O/c1-3-10-17-13-7-5-4-6-12(13)16-15(17)14-9-8-11(2)18-14/h4-9H,3,10H2,1-2H3. The fourth-order valence-electron chi connectivity index (χ4n) is 2.27. The second-order valence-corrected chi connectivity index (χ2v) is 4.49. The molecular formula is C15H16N2O. The quantitative estimate of drug-likeness (QED) is 0.692. The topological polar surface area (TPSA) is 31.0 Å². The minimum absolute atomic E-state index is 0.845. The summed E-state index contributed by atoms with van der Waals surface area (Å²) in [6.45, 7) is 5.08. The summed E-state index contributed by atoms with van der Waals surface area (Å²) in [6, 6.07) is 12.2. The lowest BCUT2D eigenvalue weighted by Gasteiger charge is -2.05. The Morgan fingerprint density at radius 3 is 2.72 bits per heavy atom. The van der Waals surface area contributed by atoms with Crippen molar-refractivity contribution in [2.24, 2.45) is 0 Å². The second-order valence-electron chi connectivity index (χ2n) is 4.49. The van der Waals surface area contributed by atoms with Crippen LogP contribution in [0.1, 0.15) is 19.1 Å². The Morgan fingerprint density at radius 1 is 1.17 bits per heavy atom. The number of hydrogen-bond donors (Lipinski definition) is 0. The zero-order valence-electron chi connectivity index (χ0n) is 10.7. The van der Waals surface area contributed by atoms with Crippen molar-refractivity contribution in [3.63, 3.8) is 0 Å². The summed E-state index contributed by atoms with van der Waals surface area (Å²) in [4.78, 5) is 4.68. The third-order valence-electron chi connectivity index (χ3n) is 3.06. The van der Waals surface area contributed by atoms with E-state index in [1.54, 1.807) is 0 Å². The van der Waals surface area contributed by atoms with Crippen LogP contribution in [0.2, 0.25) is 0 Å². The van der Waals surface area contributed by atoms with Gasteiger partial charge in [0.2, 0.25) is 0 Å². The van der Waals surface area contributed by atoms with E-state index in [4.69, 9.17) is 4.42 Å². The van der Waals surface area contributed by atoms with Gasteiger partial charge in [-0.1, -0.05) is 19.1 Å². The molecule has 0 aliphatic carbocycles. The SMILES string of the molecule is CCCn1c(-c2ccc(C)o2)nc2ccccc21. The molecule has 0 amide bonds. The third-order valence-corrected chi connectivity index (χ3v) is 3.06. The summed E-state index contributed by atoms with van der Waals surface area (Å²) >= 11 is 0. The van der Waals surface area contributed by atoms with Gasteiger partial charge in [-0.05, 0) is 37.6 Å². The number of benzene rings is 1. The average molecular weight is 240 g/mol. The highest BCUT2D eigenvalue weighted by molar-refractivity contribution is 5.79. The van der Waals surface area contributed by atoms with E-state index in [0.717, 1.165) is 35.8 Å². The Balaban J connectivity index is 2.24. The summed E-state index contributed by atoms with van der Waals surface area (Å²) in [5.74, 6) is 2.68. The third kappa shape index (κ3) is 1.72. The van der Waals surface area contributed by atoms with Crippen LogP contribution < -0.4 is 0 Å². The van der Waals surface area contributed by atoms with Gasteiger partial charge in [-0.15, -0.1) is 0 Å². The minimum Gasteiger partial charge on any atom is -0.458 e. The molecule has 0 saturated carbocycles. The molecule has 92 valence electrons. The zero-order chi connectivity index (χ0) is 12.5. The Labute approximate surface area is 106 Å². The predicted molar refractivity (Wildman–Crippen MR) is 72.5 cm³/mol. The van der Waals surface area contributed by atoms with E-state index in [9.17, 15) is 0 Å². The molecule has 0 spiro atoms. The van der Waals surface area contributed by atoms with Crippen molar-refractivity contribution in [2.75, 3.05) is 0 Å². The molecule has 3 heteroatoms. The molecule has 0 unspecified atom stereocenters. The average Bonchev–Trinajstić information content (AvgIpc) is 2.95. The first-order valence-electron chi connectivity index (χ1n) is 6.31. The Morgan fingerprint density at radius 2 is 2.00 bits per heavy atom. The molecule has 0 atom stereocenters. The summed E-state index contributed by atoms with van der Waals surface area (Å²) < 4.78 is 7.93. The lowest BCUT2D eigenvalue weighted by molar-refractivity contribution is 0.538. The lowest BCUT2D eigenvalue weighted by Crippen LogP contribution is -1.98. The predicted octanol–water partition coefficient (Wildman–Crippen LogP) is 4.01. The molecule has 2 aromatic heterocycles. The molecule has 0 fully saturated rings. The first-order valence-corrected chi connectivity index (χ1v) is 6.31. The molecule has 1 aromatic carbocycles. The van der Waals surface area contributed by atoms with E-state index >= 15 is 0 Å². The van der Waals surface area contributed by atoms with Crippen molar-refractivity contribution in [1.29, 1.82) is 0 Å². The number of furan rings is 1. The van der Waals surface area contributed by atoms with E-state index in [-0.39, 0.29) is 0 Å². The molecule has 3 nitrogen and oxygen atoms in total. The molecule has 0 aliphatic heterocycles. The Hall–Kier alpha value is -2.03. The van der Waals surface area contributed by atoms with Gasteiger partial charge in [-0.25, -0.2) is 4.98 Å². The first kappa shape index (κ1) is 11.1. The molecule has 3 aromatic rings. The van der Waals surface area contributed by atoms with E-state index in [1.807, 2.05) is 37.3 Å². The maximum absolute atomic E-state index is 5.70. The maximum atomic E-state index is 5.70. The molecule has 0 aliphatic rings. The van der Waals surface area contributed by atoms with Crippen LogP contribution in [-0.4, -0.2) is 9.55 Å². The summed E-state index contributed by atoms with van der Waals surface area (Å²) in [6.07, 6.45) is 1.08. The largest absolute Gasteiger partial charge is 0.458 e. The van der Waals surface area contributed by atoms with Gasteiger partial charge in [-0.3, -0.25) is 0 Å². The van der Waals surface area contributed by atoms with Crippen LogP contribution in [0.25, 0.3) is 22.6 Å². The van der Waals surface area contributed by atoms with Crippen LogP contribution in [0.4, 0.5) is 0 Å². The van der Waals surface area contributed by atoms with E-state index < -0.39 is 0 Å². The minimum atomic E-state index is 0.845. The maximum Gasteiger partial charge on any atom is 0.177 e. The highest BCUT2D eigenvalue weighted by Crippen LogP contribution is 2.26. The number of fused-ring (bicyclic) bond motifs is 1. The summed E-state index contributed by atoms with van der Waals surface area (Å²) in [5.41, 5.74) is 2.19. The lowest BCUT2D eigenvalue weighted by atomic mass is 10.3. The van der Waals surface area contributed by atoms with Gasteiger partial charge in [0, 0.05) is 6.54 Å². The fraction of sp³-hybridized carbons (Fsp3) is 0.267. The van der Waals surface area contributed by atoms with Crippen molar-refractivity contribution in [1.82, 2.24) is 9.55 Å². The molecule has 3 rings (SSSR count). The molecule has 0 N–H and O–H groups in total. The van der Waals surface area contributed by atoms with Crippen molar-refractivity contribution in [3.8, 4) is 11.6 Å². The smallest absolute Gasteiger partial charge is 0.177 e. The van der Waals surface area contributed by atoms with Crippen LogP contribution in [0.5, 0.6) is 0 Å². The van der Waals surface area contributed by atoms with Gasteiger partial charge < -0.3 is 8.98 Å². The number of rotatable bonds is 3. The zero-order valence-corrected chi connectivity index (χ0v) is 10.7. The molecule has 0 radical (unpaired) electrons. The molecular weight excluding hydrogens is 224 g/mol. The number of imidazole rings is 1. The van der Waals surface area contributed by atoms with Gasteiger partial charge >= 0.3 is 0 Å². The fourth-order valence-corrected chi connectivity index (χ4v) is 2.27.